The minimum absolute atomic E-state index is 0.480. The predicted octanol–water partition coefficient (Wildman–Crippen LogP) is 1.96. The number of nitrogens with zero attached hydrogens (tertiary/aromatic N) is 2. The van der Waals surface area contributed by atoms with E-state index in [4.69, 9.17) is 4.74 Å². The fourth-order valence-corrected chi connectivity index (χ4v) is 3.40. The highest BCUT2D eigenvalue weighted by atomic mass is 16.5. The molecule has 0 saturated carbocycles. The number of piperazine rings is 1. The van der Waals surface area contributed by atoms with E-state index in [9.17, 15) is 9.59 Å². The monoisotopic (exact) mass is 396 g/mol. The maximum atomic E-state index is 11.9. The predicted molar refractivity (Wildman–Crippen MR) is 114 cm³/mol. The molecule has 1 heterocycles. The molecule has 2 aromatic carbocycles. The Morgan fingerprint density at radius 1 is 0.931 bits per heavy atom. The highest BCUT2D eigenvalue weighted by Crippen LogP contribution is 2.28. The van der Waals surface area contributed by atoms with E-state index in [-0.39, 0.29) is 0 Å². The van der Waals surface area contributed by atoms with Crippen molar-refractivity contribution >= 4 is 23.2 Å². The number of benzene rings is 2. The number of anilines is 2. The van der Waals surface area contributed by atoms with Crippen LogP contribution in [0.5, 0.6) is 5.75 Å². The zero-order valence-electron chi connectivity index (χ0n) is 16.8. The minimum Gasteiger partial charge on any atom is -0.495 e. The quantitative estimate of drug-likeness (QED) is 0.553. The number of hydrogen-bond donors (Lipinski definition) is 2. The molecule has 7 nitrogen and oxygen atoms in total. The van der Waals surface area contributed by atoms with Gasteiger partial charge >= 0.3 is 11.8 Å². The standard InChI is InChI=1S/C22H28N4O3/c1-29-20-11-6-5-10-19(20)26-16-14-25(15-17-26)13-7-12-23-21(27)22(28)24-18-8-3-2-4-9-18/h2-6,8-11H,7,12-17H2,1H3,(H,23,27)(H,24,28). The lowest BCUT2D eigenvalue weighted by molar-refractivity contribution is -0.136. The summed E-state index contributed by atoms with van der Waals surface area (Å²) in [4.78, 5) is 28.5. The van der Waals surface area contributed by atoms with E-state index in [2.05, 4.69) is 26.5 Å². The van der Waals surface area contributed by atoms with Crippen molar-refractivity contribution in [1.29, 1.82) is 0 Å². The first kappa shape index (κ1) is 20.7. The second kappa shape index (κ2) is 10.5. The van der Waals surface area contributed by atoms with Gasteiger partial charge in [-0.05, 0) is 37.2 Å². The largest absolute Gasteiger partial charge is 0.495 e. The molecule has 0 spiro atoms. The summed E-state index contributed by atoms with van der Waals surface area (Å²) < 4.78 is 5.46. The summed E-state index contributed by atoms with van der Waals surface area (Å²) in [5.41, 5.74) is 1.74. The lowest BCUT2D eigenvalue weighted by atomic mass is 10.2. The number of amides is 2. The molecule has 154 valence electrons. The molecule has 0 radical (unpaired) electrons. The fraction of sp³-hybridized carbons (Fsp3) is 0.364. The highest BCUT2D eigenvalue weighted by molar-refractivity contribution is 6.39. The second-order valence-electron chi connectivity index (χ2n) is 6.93. The molecule has 0 unspecified atom stereocenters. The number of carbonyl (C=O) groups is 2. The minimum atomic E-state index is -0.637. The number of hydrogen-bond acceptors (Lipinski definition) is 5. The summed E-state index contributed by atoms with van der Waals surface area (Å²) in [6.07, 6.45) is 0.805. The zero-order valence-corrected chi connectivity index (χ0v) is 16.8. The number of carbonyl (C=O) groups excluding carboxylic acids is 2. The zero-order chi connectivity index (χ0) is 20.5. The molecule has 0 atom stereocenters. The first-order chi connectivity index (χ1) is 14.2. The Morgan fingerprint density at radius 2 is 1.62 bits per heavy atom. The van der Waals surface area contributed by atoms with Gasteiger partial charge in [0.2, 0.25) is 0 Å². The third-order valence-electron chi connectivity index (χ3n) is 4.97. The van der Waals surface area contributed by atoms with Crippen LogP contribution < -0.4 is 20.3 Å². The van der Waals surface area contributed by atoms with Crippen LogP contribution >= 0.6 is 0 Å². The lowest BCUT2D eigenvalue weighted by Crippen LogP contribution is -2.47. The molecule has 7 heteroatoms. The van der Waals surface area contributed by atoms with Crippen LogP contribution in [0.2, 0.25) is 0 Å². The van der Waals surface area contributed by atoms with Crippen LogP contribution in [0.4, 0.5) is 11.4 Å². The molecule has 1 fully saturated rings. The van der Waals surface area contributed by atoms with Crippen molar-refractivity contribution < 1.29 is 14.3 Å². The van der Waals surface area contributed by atoms with Gasteiger partial charge in [0.25, 0.3) is 0 Å². The molecular weight excluding hydrogens is 368 g/mol. The highest BCUT2D eigenvalue weighted by Gasteiger charge is 2.19. The summed E-state index contributed by atoms with van der Waals surface area (Å²) in [5.74, 6) is -0.339. The van der Waals surface area contributed by atoms with E-state index >= 15 is 0 Å². The second-order valence-corrected chi connectivity index (χ2v) is 6.93. The van der Waals surface area contributed by atoms with E-state index in [1.807, 2.05) is 24.3 Å². The van der Waals surface area contributed by atoms with Gasteiger partial charge < -0.3 is 20.3 Å². The maximum absolute atomic E-state index is 11.9. The van der Waals surface area contributed by atoms with Crippen molar-refractivity contribution in [2.24, 2.45) is 0 Å². The van der Waals surface area contributed by atoms with E-state index in [1.165, 1.54) is 0 Å². The molecule has 2 amide bonds. The molecule has 0 bridgehead atoms. The Bertz CT molecular complexity index is 805. The van der Waals surface area contributed by atoms with Gasteiger partial charge in [0, 0.05) is 38.4 Å². The Hall–Kier alpha value is -3.06. The maximum Gasteiger partial charge on any atom is 0.313 e. The van der Waals surface area contributed by atoms with Crippen LogP contribution in [-0.4, -0.2) is 63.1 Å². The normalized spacial score (nSPS) is 14.3. The summed E-state index contributed by atoms with van der Waals surface area (Å²) in [7, 11) is 1.70. The van der Waals surface area contributed by atoms with Gasteiger partial charge in [0.15, 0.2) is 0 Å². The molecule has 0 aromatic heterocycles. The van der Waals surface area contributed by atoms with Crippen molar-refractivity contribution in [3.05, 3.63) is 54.6 Å². The molecule has 0 aliphatic carbocycles. The molecule has 1 saturated heterocycles. The summed E-state index contributed by atoms with van der Waals surface area (Å²) in [5, 5.41) is 5.27. The van der Waals surface area contributed by atoms with Gasteiger partial charge in [-0.3, -0.25) is 14.5 Å². The van der Waals surface area contributed by atoms with Crippen LogP contribution in [0, 0.1) is 0 Å². The van der Waals surface area contributed by atoms with Crippen molar-refractivity contribution in [3.8, 4) is 5.75 Å². The Morgan fingerprint density at radius 3 is 2.34 bits per heavy atom. The van der Waals surface area contributed by atoms with Crippen LogP contribution in [0.25, 0.3) is 0 Å². The average Bonchev–Trinajstić information content (AvgIpc) is 2.77. The summed E-state index contributed by atoms with van der Waals surface area (Å²) >= 11 is 0. The Kier molecular flexibility index (Phi) is 7.47. The van der Waals surface area contributed by atoms with Crippen LogP contribution in [0.15, 0.2) is 54.6 Å². The van der Waals surface area contributed by atoms with Crippen molar-refractivity contribution in [2.45, 2.75) is 6.42 Å². The molecule has 2 aromatic rings. The average molecular weight is 396 g/mol. The fourth-order valence-electron chi connectivity index (χ4n) is 3.40. The van der Waals surface area contributed by atoms with Gasteiger partial charge in [0.1, 0.15) is 5.75 Å². The van der Waals surface area contributed by atoms with E-state index < -0.39 is 11.8 Å². The summed E-state index contributed by atoms with van der Waals surface area (Å²) in [6, 6.07) is 17.0. The molecule has 1 aliphatic heterocycles. The molecule has 1 aliphatic rings. The Balaban J connectivity index is 1.33. The molecular formula is C22H28N4O3. The third kappa shape index (κ3) is 5.96. The number of rotatable bonds is 7. The SMILES string of the molecule is COc1ccccc1N1CCN(CCCNC(=O)C(=O)Nc2ccccc2)CC1. The first-order valence-corrected chi connectivity index (χ1v) is 9.92. The number of para-hydroxylation sites is 3. The van der Waals surface area contributed by atoms with Crippen LogP contribution in [0.3, 0.4) is 0 Å². The van der Waals surface area contributed by atoms with Crippen molar-refractivity contribution in [2.75, 3.05) is 56.6 Å². The first-order valence-electron chi connectivity index (χ1n) is 9.92. The molecule has 29 heavy (non-hydrogen) atoms. The molecule has 2 N–H and O–H groups in total. The third-order valence-corrected chi connectivity index (χ3v) is 4.97. The van der Waals surface area contributed by atoms with E-state index in [0.717, 1.165) is 50.6 Å². The number of ether oxygens (including phenoxy) is 1. The lowest BCUT2D eigenvalue weighted by Gasteiger charge is -2.36. The van der Waals surface area contributed by atoms with Gasteiger partial charge in [-0.2, -0.15) is 0 Å². The van der Waals surface area contributed by atoms with Gasteiger partial charge in [-0.15, -0.1) is 0 Å². The van der Waals surface area contributed by atoms with Gasteiger partial charge in [-0.1, -0.05) is 30.3 Å². The van der Waals surface area contributed by atoms with E-state index in [0.29, 0.717) is 12.2 Å². The smallest absolute Gasteiger partial charge is 0.313 e. The number of methoxy groups -OCH3 is 1. The summed E-state index contributed by atoms with van der Waals surface area (Å²) in [6.45, 7) is 5.16. The van der Waals surface area contributed by atoms with Gasteiger partial charge in [-0.25, -0.2) is 0 Å². The number of nitrogens with one attached hydrogen (secondary N) is 2. The van der Waals surface area contributed by atoms with Crippen LogP contribution in [-0.2, 0) is 9.59 Å². The topological polar surface area (TPSA) is 73.9 Å². The van der Waals surface area contributed by atoms with Gasteiger partial charge in [0.05, 0.1) is 12.8 Å². The van der Waals surface area contributed by atoms with Crippen molar-refractivity contribution in [1.82, 2.24) is 10.2 Å². The van der Waals surface area contributed by atoms with E-state index in [1.54, 1.807) is 31.4 Å². The van der Waals surface area contributed by atoms with Crippen molar-refractivity contribution in [3.63, 3.8) is 0 Å². The Labute approximate surface area is 171 Å². The molecule has 3 rings (SSSR count). The van der Waals surface area contributed by atoms with Crippen LogP contribution in [0.1, 0.15) is 6.42 Å².